The van der Waals surface area contributed by atoms with Crippen LogP contribution in [0.5, 0.6) is 0 Å². The molecule has 0 aromatic heterocycles. The second-order valence-corrected chi connectivity index (χ2v) is 6.78. The third-order valence-electron chi connectivity index (χ3n) is 5.10. The summed E-state index contributed by atoms with van der Waals surface area (Å²) < 4.78 is 5.76. The minimum atomic E-state index is -0.580. The lowest BCUT2D eigenvalue weighted by Crippen LogP contribution is -2.47. The molecule has 3 nitrogen and oxygen atoms in total. The van der Waals surface area contributed by atoms with Crippen LogP contribution in [0.25, 0.3) is 0 Å². The molecule has 0 heterocycles. The summed E-state index contributed by atoms with van der Waals surface area (Å²) in [6, 6.07) is 0. The summed E-state index contributed by atoms with van der Waals surface area (Å²) in [7, 11) is 0. The first-order valence-corrected chi connectivity index (χ1v) is 7.03. The maximum absolute atomic E-state index is 11.8. The number of ether oxygens (including phenoxy) is 1. The van der Waals surface area contributed by atoms with Crippen molar-refractivity contribution in [3.8, 4) is 0 Å². The Balaban J connectivity index is 1.86. The number of hydrogen-bond donors (Lipinski definition) is 1. The first kappa shape index (κ1) is 12.2. The summed E-state index contributed by atoms with van der Waals surface area (Å²) in [5, 5.41) is 10.6. The topological polar surface area (TPSA) is 46.5 Å². The average Bonchev–Trinajstić information content (AvgIpc) is 2.40. The van der Waals surface area contributed by atoms with Gasteiger partial charge in [0.2, 0.25) is 0 Å². The molecule has 1 N–H and O–H groups in total. The van der Waals surface area contributed by atoms with Gasteiger partial charge in [-0.25, -0.2) is 4.79 Å². The highest BCUT2D eigenvalue weighted by Crippen LogP contribution is 2.58. The molecule has 18 heavy (non-hydrogen) atoms. The van der Waals surface area contributed by atoms with Gasteiger partial charge >= 0.3 is 5.97 Å². The molecule has 0 aromatic carbocycles. The molecule has 0 aliphatic heterocycles. The van der Waals surface area contributed by atoms with Crippen molar-refractivity contribution in [2.24, 2.45) is 11.8 Å². The number of esters is 1. The second-order valence-electron chi connectivity index (χ2n) is 6.78. The van der Waals surface area contributed by atoms with E-state index in [0.717, 1.165) is 32.1 Å². The molecule has 100 valence electrons. The number of rotatable bonds is 2. The van der Waals surface area contributed by atoms with Crippen molar-refractivity contribution in [3.05, 3.63) is 12.2 Å². The largest absolute Gasteiger partial charge is 0.456 e. The first-order valence-electron chi connectivity index (χ1n) is 7.03. The number of aliphatic hydroxyl groups is 1. The van der Waals surface area contributed by atoms with Crippen molar-refractivity contribution in [2.75, 3.05) is 0 Å². The molecular weight excluding hydrogens is 228 g/mol. The zero-order valence-electron chi connectivity index (χ0n) is 11.1. The summed E-state index contributed by atoms with van der Waals surface area (Å²) >= 11 is 0. The highest BCUT2D eigenvalue weighted by molar-refractivity contribution is 5.87. The molecule has 0 amide bonds. The lowest BCUT2D eigenvalue weighted by Gasteiger charge is -2.43. The molecule has 4 unspecified atom stereocenters. The fraction of sp³-hybridized carbons (Fsp3) is 0.800. The Morgan fingerprint density at radius 3 is 2.78 bits per heavy atom. The molecule has 3 saturated carbocycles. The van der Waals surface area contributed by atoms with Gasteiger partial charge in [-0.15, -0.1) is 0 Å². The summed E-state index contributed by atoms with van der Waals surface area (Å²) in [6.07, 6.45) is 6.58. The molecule has 0 aromatic rings. The van der Waals surface area contributed by atoms with Crippen molar-refractivity contribution in [1.29, 1.82) is 0 Å². The van der Waals surface area contributed by atoms with E-state index in [1.54, 1.807) is 6.92 Å². The maximum Gasteiger partial charge on any atom is 0.333 e. The van der Waals surface area contributed by atoms with E-state index in [4.69, 9.17) is 4.74 Å². The average molecular weight is 250 g/mol. The van der Waals surface area contributed by atoms with Gasteiger partial charge in [-0.1, -0.05) is 6.58 Å². The van der Waals surface area contributed by atoms with E-state index < -0.39 is 11.2 Å². The Morgan fingerprint density at radius 2 is 2.06 bits per heavy atom. The number of fused-ring (bicyclic) bond motifs is 2. The molecule has 3 heteroatoms. The first-order chi connectivity index (χ1) is 8.41. The van der Waals surface area contributed by atoms with Crippen LogP contribution in [0, 0.1) is 11.8 Å². The van der Waals surface area contributed by atoms with Gasteiger partial charge in [-0.05, 0) is 57.3 Å². The Hall–Kier alpha value is -0.830. The van der Waals surface area contributed by atoms with E-state index >= 15 is 0 Å². The minimum Gasteiger partial charge on any atom is -0.456 e. The van der Waals surface area contributed by atoms with Crippen LogP contribution in [0.15, 0.2) is 12.2 Å². The van der Waals surface area contributed by atoms with Crippen LogP contribution in [-0.4, -0.2) is 22.3 Å². The second kappa shape index (κ2) is 3.83. The van der Waals surface area contributed by atoms with E-state index in [9.17, 15) is 9.90 Å². The lowest BCUT2D eigenvalue weighted by atomic mass is 9.73. The van der Waals surface area contributed by atoms with Gasteiger partial charge in [0.1, 0.15) is 5.60 Å². The SMILES string of the molecule is C=C(C)C(=O)OC12CCCC3CC(O)(CC3C1)C2. The minimum absolute atomic E-state index is 0.293. The van der Waals surface area contributed by atoms with E-state index in [2.05, 4.69) is 6.58 Å². The standard InChI is InChI=1S/C15H22O3/c1-10(2)13(16)18-15-5-3-4-11-6-14(17,9-15)7-12(11)8-15/h11-12,17H,1,3-9H2,2H3. The Labute approximate surface area is 108 Å². The molecule has 3 aliphatic rings. The predicted octanol–water partition coefficient (Wildman–Crippen LogP) is 2.58. The fourth-order valence-electron chi connectivity index (χ4n) is 4.55. The van der Waals surface area contributed by atoms with Crippen LogP contribution in [0.2, 0.25) is 0 Å². The number of hydrogen-bond acceptors (Lipinski definition) is 3. The fourth-order valence-corrected chi connectivity index (χ4v) is 4.55. The normalized spacial score (nSPS) is 45.7. The summed E-state index contributed by atoms with van der Waals surface area (Å²) in [5.41, 5.74) is -0.544. The Kier molecular flexibility index (Phi) is 2.60. The van der Waals surface area contributed by atoms with Crippen molar-refractivity contribution in [1.82, 2.24) is 0 Å². The molecule has 4 atom stereocenters. The van der Waals surface area contributed by atoms with Crippen molar-refractivity contribution in [3.63, 3.8) is 0 Å². The van der Waals surface area contributed by atoms with Gasteiger partial charge in [-0.3, -0.25) is 0 Å². The summed E-state index contributed by atoms with van der Waals surface area (Å²) in [6.45, 7) is 5.34. The quantitative estimate of drug-likeness (QED) is 0.605. The van der Waals surface area contributed by atoms with Gasteiger partial charge < -0.3 is 9.84 Å². The third kappa shape index (κ3) is 1.89. The predicted molar refractivity (Wildman–Crippen MR) is 67.9 cm³/mol. The van der Waals surface area contributed by atoms with Crippen LogP contribution in [0.1, 0.15) is 51.9 Å². The maximum atomic E-state index is 11.8. The monoisotopic (exact) mass is 250 g/mol. The van der Waals surface area contributed by atoms with Gasteiger partial charge in [0.05, 0.1) is 5.60 Å². The van der Waals surface area contributed by atoms with Crippen molar-refractivity contribution >= 4 is 5.97 Å². The van der Waals surface area contributed by atoms with Crippen LogP contribution < -0.4 is 0 Å². The van der Waals surface area contributed by atoms with Crippen molar-refractivity contribution < 1.29 is 14.6 Å². The molecule has 0 saturated heterocycles. The molecule has 3 bridgehead atoms. The third-order valence-corrected chi connectivity index (χ3v) is 5.10. The summed E-state index contributed by atoms with van der Waals surface area (Å²) in [5.74, 6) is 0.894. The smallest absolute Gasteiger partial charge is 0.333 e. The molecule has 3 rings (SSSR count). The van der Waals surface area contributed by atoms with Gasteiger partial charge in [0.15, 0.2) is 0 Å². The zero-order valence-corrected chi connectivity index (χ0v) is 11.1. The molecule has 0 spiro atoms. The zero-order chi connectivity index (χ0) is 13.0. The highest BCUT2D eigenvalue weighted by Gasteiger charge is 2.58. The summed E-state index contributed by atoms with van der Waals surface area (Å²) in [4.78, 5) is 11.8. The lowest BCUT2D eigenvalue weighted by molar-refractivity contribution is -0.170. The molecule has 3 fully saturated rings. The van der Waals surface area contributed by atoms with Crippen LogP contribution in [0.4, 0.5) is 0 Å². The van der Waals surface area contributed by atoms with E-state index in [0.29, 0.717) is 23.8 Å². The Bertz CT molecular complexity index is 403. The number of carbonyl (C=O) groups excluding carboxylic acids is 1. The van der Waals surface area contributed by atoms with Crippen LogP contribution in [0.3, 0.4) is 0 Å². The van der Waals surface area contributed by atoms with Crippen LogP contribution >= 0.6 is 0 Å². The number of carbonyl (C=O) groups is 1. The van der Waals surface area contributed by atoms with E-state index in [1.165, 1.54) is 6.42 Å². The van der Waals surface area contributed by atoms with E-state index in [-0.39, 0.29) is 5.97 Å². The Morgan fingerprint density at radius 1 is 1.33 bits per heavy atom. The van der Waals surface area contributed by atoms with Gasteiger partial charge in [-0.2, -0.15) is 0 Å². The highest BCUT2D eigenvalue weighted by atomic mass is 16.6. The molecular formula is C15H22O3. The van der Waals surface area contributed by atoms with Crippen molar-refractivity contribution in [2.45, 2.75) is 63.1 Å². The van der Waals surface area contributed by atoms with Gasteiger partial charge in [0.25, 0.3) is 0 Å². The van der Waals surface area contributed by atoms with Gasteiger partial charge in [0, 0.05) is 12.0 Å². The molecule has 0 radical (unpaired) electrons. The van der Waals surface area contributed by atoms with Crippen LogP contribution in [-0.2, 0) is 9.53 Å². The van der Waals surface area contributed by atoms with E-state index in [1.807, 2.05) is 0 Å². The molecule has 3 aliphatic carbocycles.